The monoisotopic (exact) mass is 642 g/mol. The van der Waals surface area contributed by atoms with E-state index in [-0.39, 0.29) is 24.3 Å². The minimum absolute atomic E-state index is 0.0334. The van der Waals surface area contributed by atoms with Crippen molar-refractivity contribution in [3.05, 3.63) is 84.5 Å². The van der Waals surface area contributed by atoms with Crippen LogP contribution in [0.5, 0.6) is 0 Å². The Morgan fingerprint density at radius 3 is 2.26 bits per heavy atom. The van der Waals surface area contributed by atoms with E-state index >= 15 is 0 Å². The molecular weight excluding hydrogens is 596 g/mol. The van der Waals surface area contributed by atoms with Gasteiger partial charge in [0, 0.05) is 62.0 Å². The van der Waals surface area contributed by atoms with Crippen molar-refractivity contribution < 1.29 is 19.5 Å². The largest absolute Gasteiger partial charge is 0.396 e. The van der Waals surface area contributed by atoms with Crippen molar-refractivity contribution in [1.82, 2.24) is 9.80 Å². The summed E-state index contributed by atoms with van der Waals surface area (Å²) in [4.78, 5) is 51.7. The van der Waals surface area contributed by atoms with Crippen LogP contribution < -0.4 is 9.80 Å². The molecule has 244 valence electrons. The molecule has 1 spiro atoms. The second kappa shape index (κ2) is 13.3. The Bertz CT molecular complexity index is 1490. The third-order valence-corrected chi connectivity index (χ3v) is 12.0. The summed E-state index contributed by atoms with van der Waals surface area (Å²) >= 11 is 1.62. The average molecular weight is 643 g/mol. The minimum Gasteiger partial charge on any atom is -0.396 e. The van der Waals surface area contributed by atoms with Crippen LogP contribution in [-0.2, 0) is 20.9 Å². The molecule has 5 atom stereocenters. The van der Waals surface area contributed by atoms with Crippen molar-refractivity contribution in [1.29, 1.82) is 0 Å². The van der Waals surface area contributed by atoms with E-state index in [4.69, 9.17) is 0 Å². The van der Waals surface area contributed by atoms with Gasteiger partial charge in [-0.05, 0) is 69.9 Å². The molecule has 0 bridgehead atoms. The maximum atomic E-state index is 14.8. The van der Waals surface area contributed by atoms with E-state index in [1.54, 1.807) is 21.6 Å². The topological polar surface area (TPSA) is 84.4 Å². The van der Waals surface area contributed by atoms with Gasteiger partial charge >= 0.3 is 0 Å². The van der Waals surface area contributed by atoms with Crippen molar-refractivity contribution in [2.24, 2.45) is 11.8 Å². The van der Waals surface area contributed by atoms with Crippen molar-refractivity contribution in [2.45, 2.75) is 62.1 Å². The lowest BCUT2D eigenvalue weighted by atomic mass is 9.74. The fourth-order valence-electron chi connectivity index (χ4n) is 7.99. The Hall–Kier alpha value is -3.56. The number of anilines is 2. The lowest BCUT2D eigenvalue weighted by molar-refractivity contribution is -0.144. The fraction of sp³-hybridized carbons (Fsp3) is 0.486. The van der Waals surface area contributed by atoms with E-state index in [1.807, 2.05) is 53.4 Å². The maximum Gasteiger partial charge on any atom is 0.251 e. The van der Waals surface area contributed by atoms with E-state index in [9.17, 15) is 19.5 Å². The smallest absolute Gasteiger partial charge is 0.251 e. The number of aliphatic hydroxyl groups is 1. The number of fused-ring (bicyclic) bond motifs is 2. The molecule has 4 aliphatic heterocycles. The molecular formula is C37H46N4O4S. The zero-order chi connectivity index (χ0) is 32.5. The summed E-state index contributed by atoms with van der Waals surface area (Å²) in [5.74, 6) is -1.52. The molecule has 0 saturated carbocycles. The Morgan fingerprint density at radius 2 is 1.57 bits per heavy atom. The lowest BCUT2D eigenvalue weighted by Gasteiger charge is -2.37. The SMILES string of the molecule is CCN(CC)c1ccc(N2CC=C[C@]34S[C@]5(C)C=CCN(Cc6ccccc6)C(=O)[C@@H]5[C@H]3C(=O)N(CCCCCO)C4C2=O)cc1. The second-order valence-corrected chi connectivity index (χ2v) is 14.8. The molecule has 2 aromatic rings. The third kappa shape index (κ3) is 5.55. The number of hydrogen-bond donors (Lipinski definition) is 1. The molecule has 4 heterocycles. The van der Waals surface area contributed by atoms with Crippen LogP contribution in [0.4, 0.5) is 11.4 Å². The molecule has 46 heavy (non-hydrogen) atoms. The molecule has 3 amide bonds. The van der Waals surface area contributed by atoms with Gasteiger partial charge in [0.25, 0.3) is 5.91 Å². The number of aliphatic hydroxyl groups excluding tert-OH is 1. The van der Waals surface area contributed by atoms with Gasteiger partial charge in [0.05, 0.1) is 16.6 Å². The molecule has 2 fully saturated rings. The Kier molecular flexibility index (Phi) is 9.35. The number of benzene rings is 2. The molecule has 9 heteroatoms. The van der Waals surface area contributed by atoms with Crippen molar-refractivity contribution in [2.75, 3.05) is 49.1 Å². The van der Waals surface area contributed by atoms with Gasteiger partial charge in [0.15, 0.2) is 0 Å². The van der Waals surface area contributed by atoms with E-state index in [2.05, 4.69) is 56.0 Å². The van der Waals surface area contributed by atoms with Crippen LogP contribution in [0.25, 0.3) is 0 Å². The van der Waals surface area contributed by atoms with Crippen LogP contribution in [0.1, 0.15) is 45.6 Å². The van der Waals surface area contributed by atoms with Crippen LogP contribution in [0, 0.1) is 11.8 Å². The second-order valence-electron chi connectivity index (χ2n) is 13.0. The predicted octanol–water partition coefficient (Wildman–Crippen LogP) is 4.88. The Labute approximate surface area is 277 Å². The van der Waals surface area contributed by atoms with Gasteiger partial charge in [-0.25, -0.2) is 0 Å². The van der Waals surface area contributed by atoms with E-state index in [0.717, 1.165) is 36.4 Å². The molecule has 1 N–H and O–H groups in total. The van der Waals surface area contributed by atoms with Crippen molar-refractivity contribution in [3.63, 3.8) is 0 Å². The van der Waals surface area contributed by atoms with E-state index in [1.165, 1.54) is 0 Å². The summed E-state index contributed by atoms with van der Waals surface area (Å²) < 4.78 is -1.52. The van der Waals surface area contributed by atoms with Gasteiger partial charge in [-0.1, -0.05) is 54.6 Å². The van der Waals surface area contributed by atoms with E-state index < -0.39 is 27.4 Å². The molecule has 2 saturated heterocycles. The first kappa shape index (κ1) is 32.4. The number of carbonyl (C=O) groups excluding carboxylic acids is 3. The summed E-state index contributed by atoms with van der Waals surface area (Å²) in [5.41, 5.74) is 2.95. The highest BCUT2D eigenvalue weighted by atomic mass is 32.2. The molecule has 2 aromatic carbocycles. The van der Waals surface area contributed by atoms with Crippen LogP contribution in [-0.4, -0.2) is 87.5 Å². The van der Waals surface area contributed by atoms with Crippen molar-refractivity contribution in [3.8, 4) is 0 Å². The summed E-state index contributed by atoms with van der Waals surface area (Å²) in [6.45, 7) is 9.97. The number of amides is 3. The molecule has 4 aliphatic rings. The van der Waals surface area contributed by atoms with Crippen LogP contribution in [0.15, 0.2) is 78.9 Å². The van der Waals surface area contributed by atoms with Crippen LogP contribution >= 0.6 is 11.8 Å². The maximum absolute atomic E-state index is 14.8. The number of rotatable bonds is 11. The first-order valence-electron chi connectivity index (χ1n) is 16.7. The zero-order valence-electron chi connectivity index (χ0n) is 27.2. The quantitative estimate of drug-likeness (QED) is 0.278. The van der Waals surface area contributed by atoms with Gasteiger partial charge in [-0.15, -0.1) is 11.8 Å². The van der Waals surface area contributed by atoms with Crippen LogP contribution in [0.2, 0.25) is 0 Å². The number of unbranched alkanes of at least 4 members (excludes halogenated alkanes) is 2. The molecule has 6 rings (SSSR count). The summed E-state index contributed by atoms with van der Waals surface area (Å²) in [6, 6.07) is 17.3. The Balaban J connectivity index is 1.37. The fourth-order valence-corrected chi connectivity index (χ4v) is 10.2. The lowest BCUT2D eigenvalue weighted by Crippen LogP contribution is -2.53. The minimum atomic E-state index is -0.879. The number of likely N-dealkylation sites (tertiary alicyclic amines) is 1. The van der Waals surface area contributed by atoms with Gasteiger partial charge in [0.2, 0.25) is 11.8 Å². The third-order valence-electron chi connectivity index (χ3n) is 10.2. The average Bonchev–Trinajstić information content (AvgIpc) is 3.33. The summed E-state index contributed by atoms with van der Waals surface area (Å²) in [6.07, 6.45) is 10.4. The standard InChI is InChI=1S/C37H46N4O4S/c1-4-38(5-2)28-16-18-29(19-17-28)40-24-13-21-37-31(34(44)41(32(37)35(40)45)23-10-7-11-25-42)30-33(43)39(22-12-20-36(30,3)46-37)26-27-14-8-6-9-15-27/h6,8-9,12-21,30-32,42H,4-5,7,10-11,22-26H2,1-3H3/t30-,31-,32?,36+,37-/m0/s1. The zero-order valence-corrected chi connectivity index (χ0v) is 28.0. The van der Waals surface area contributed by atoms with Crippen LogP contribution in [0.3, 0.4) is 0 Å². The summed E-state index contributed by atoms with van der Waals surface area (Å²) in [5, 5.41) is 9.39. The van der Waals surface area contributed by atoms with E-state index in [0.29, 0.717) is 39.0 Å². The number of hydrogen-bond acceptors (Lipinski definition) is 6. The number of carbonyl (C=O) groups is 3. The van der Waals surface area contributed by atoms with Gasteiger partial charge < -0.3 is 24.7 Å². The predicted molar refractivity (Wildman–Crippen MR) is 185 cm³/mol. The first-order chi connectivity index (χ1) is 22.3. The highest BCUT2D eigenvalue weighted by Gasteiger charge is 2.73. The highest BCUT2D eigenvalue weighted by Crippen LogP contribution is 2.65. The van der Waals surface area contributed by atoms with Gasteiger partial charge in [0.1, 0.15) is 6.04 Å². The number of thioether (sulfide) groups is 1. The van der Waals surface area contributed by atoms with Gasteiger partial charge in [-0.3, -0.25) is 14.4 Å². The molecule has 8 nitrogen and oxygen atoms in total. The highest BCUT2D eigenvalue weighted by molar-refractivity contribution is 8.02. The first-order valence-corrected chi connectivity index (χ1v) is 17.6. The molecule has 0 aromatic heterocycles. The normalized spacial score (nSPS) is 28.7. The molecule has 0 aliphatic carbocycles. The molecule has 0 radical (unpaired) electrons. The molecule has 1 unspecified atom stereocenters. The Morgan fingerprint density at radius 1 is 0.848 bits per heavy atom. The number of nitrogens with zero attached hydrogens (tertiary/aromatic N) is 4. The van der Waals surface area contributed by atoms with Crippen molar-refractivity contribution >= 4 is 40.9 Å². The summed E-state index contributed by atoms with van der Waals surface area (Å²) in [7, 11) is 0. The van der Waals surface area contributed by atoms with Gasteiger partial charge in [-0.2, -0.15) is 0 Å².